The third-order valence-electron chi connectivity index (χ3n) is 5.38. The highest BCUT2D eigenvalue weighted by Gasteiger charge is 2.47. The smallest absolute Gasteiger partial charge is 0.222 e. The molecule has 7 heteroatoms. The van der Waals surface area contributed by atoms with E-state index in [9.17, 15) is 9.59 Å². The molecule has 0 aliphatic carbocycles. The maximum atomic E-state index is 12.5. The number of nitrogens with zero attached hydrogens (tertiary/aromatic N) is 3. The predicted molar refractivity (Wildman–Crippen MR) is 98.3 cm³/mol. The van der Waals surface area contributed by atoms with Crippen LogP contribution < -0.4 is 5.32 Å². The fourth-order valence-corrected chi connectivity index (χ4v) is 4.76. The van der Waals surface area contributed by atoms with Crippen molar-refractivity contribution in [3.8, 4) is 0 Å². The lowest BCUT2D eigenvalue weighted by atomic mass is 9.77. The summed E-state index contributed by atoms with van der Waals surface area (Å²) >= 11 is 1.77. The molecule has 1 spiro atoms. The number of hydrogen-bond donors (Lipinski definition) is 1. The van der Waals surface area contributed by atoms with E-state index in [2.05, 4.69) is 15.2 Å². The van der Waals surface area contributed by atoms with Gasteiger partial charge in [0.05, 0.1) is 5.01 Å². The van der Waals surface area contributed by atoms with Crippen molar-refractivity contribution in [3.63, 3.8) is 0 Å². The summed E-state index contributed by atoms with van der Waals surface area (Å²) in [5.41, 5.74) is 0.170. The molecule has 3 heterocycles. The first-order chi connectivity index (χ1) is 12.0. The number of piperidine rings is 1. The Labute approximate surface area is 153 Å². The number of carbonyl (C=O) groups is 2. The van der Waals surface area contributed by atoms with Gasteiger partial charge < -0.3 is 10.2 Å². The summed E-state index contributed by atoms with van der Waals surface area (Å²) in [6, 6.07) is 0. The Morgan fingerprint density at radius 2 is 2.20 bits per heavy atom. The van der Waals surface area contributed by atoms with E-state index >= 15 is 0 Å². The van der Waals surface area contributed by atoms with Crippen molar-refractivity contribution in [1.82, 2.24) is 20.1 Å². The molecule has 3 rings (SSSR count). The molecule has 138 valence electrons. The maximum absolute atomic E-state index is 12.5. The molecule has 2 aliphatic heterocycles. The van der Waals surface area contributed by atoms with Crippen LogP contribution in [0, 0.1) is 6.92 Å². The molecular formula is C18H28N4O2S. The van der Waals surface area contributed by atoms with Crippen LogP contribution in [0.5, 0.6) is 0 Å². The van der Waals surface area contributed by atoms with Crippen LogP contribution in [0.25, 0.3) is 0 Å². The summed E-state index contributed by atoms with van der Waals surface area (Å²) in [6.45, 7) is 7.92. The van der Waals surface area contributed by atoms with Crippen LogP contribution in [0.1, 0.15) is 48.9 Å². The average molecular weight is 365 g/mol. The summed E-state index contributed by atoms with van der Waals surface area (Å²) < 4.78 is 0. The van der Waals surface area contributed by atoms with Gasteiger partial charge in [0.2, 0.25) is 11.8 Å². The normalized spacial score (nSPS) is 23.5. The minimum atomic E-state index is -0.0345. The Hall–Kier alpha value is -1.47. The Kier molecular flexibility index (Phi) is 5.74. The Bertz CT molecular complexity index is 632. The molecule has 2 amide bonds. The molecule has 0 bridgehead atoms. The zero-order valence-corrected chi connectivity index (χ0v) is 16.0. The lowest BCUT2D eigenvalue weighted by Gasteiger charge is -2.57. The van der Waals surface area contributed by atoms with Crippen LogP contribution in [0.4, 0.5) is 0 Å². The number of amides is 2. The lowest BCUT2D eigenvalue weighted by Crippen LogP contribution is -2.66. The third kappa shape index (κ3) is 4.39. The topological polar surface area (TPSA) is 65.5 Å². The number of aromatic nitrogens is 1. The molecule has 2 fully saturated rings. The quantitative estimate of drug-likeness (QED) is 0.784. The number of thiazole rings is 1. The standard InChI is InChI=1S/C18H28N4O2S/c1-14(23)19-8-3-5-17(24)21-9-4-6-18(13-21)7-10-22(18)12-16-11-20-15(2)25-16/h11H,3-10,12-13H2,1-2H3,(H,19,23)/t18-/m0/s1. The fourth-order valence-electron chi connectivity index (χ4n) is 3.95. The van der Waals surface area contributed by atoms with Gasteiger partial charge in [-0.15, -0.1) is 11.3 Å². The summed E-state index contributed by atoms with van der Waals surface area (Å²) in [6.07, 6.45) is 6.66. The van der Waals surface area contributed by atoms with Gasteiger partial charge in [0, 0.05) is 62.7 Å². The van der Waals surface area contributed by atoms with E-state index in [0.29, 0.717) is 19.4 Å². The molecule has 2 aliphatic rings. The maximum Gasteiger partial charge on any atom is 0.222 e. The van der Waals surface area contributed by atoms with E-state index in [0.717, 1.165) is 37.6 Å². The van der Waals surface area contributed by atoms with E-state index in [1.807, 2.05) is 18.0 Å². The number of hydrogen-bond acceptors (Lipinski definition) is 5. The van der Waals surface area contributed by atoms with E-state index in [1.165, 1.54) is 24.6 Å². The fraction of sp³-hybridized carbons (Fsp3) is 0.722. The highest BCUT2D eigenvalue weighted by Crippen LogP contribution is 2.40. The van der Waals surface area contributed by atoms with Crippen LogP contribution in [-0.2, 0) is 16.1 Å². The summed E-state index contributed by atoms with van der Waals surface area (Å²) in [5.74, 6) is 0.192. The van der Waals surface area contributed by atoms with Gasteiger partial charge in [-0.2, -0.15) is 0 Å². The Balaban J connectivity index is 1.51. The van der Waals surface area contributed by atoms with E-state index in [1.54, 1.807) is 11.3 Å². The van der Waals surface area contributed by atoms with Crippen molar-refractivity contribution in [1.29, 1.82) is 0 Å². The second-order valence-corrected chi connectivity index (χ2v) is 8.57. The van der Waals surface area contributed by atoms with Gasteiger partial charge in [-0.3, -0.25) is 14.5 Å². The third-order valence-corrected chi connectivity index (χ3v) is 6.28. The molecule has 1 atom stereocenters. The monoisotopic (exact) mass is 364 g/mol. The van der Waals surface area contributed by atoms with Crippen molar-refractivity contribution in [2.24, 2.45) is 0 Å². The van der Waals surface area contributed by atoms with Crippen molar-refractivity contribution < 1.29 is 9.59 Å². The minimum absolute atomic E-state index is 0.0345. The zero-order valence-electron chi connectivity index (χ0n) is 15.2. The number of carbonyl (C=O) groups excluding carboxylic acids is 2. The van der Waals surface area contributed by atoms with Gasteiger partial charge in [-0.1, -0.05) is 0 Å². The number of likely N-dealkylation sites (tertiary alicyclic amines) is 2. The molecular weight excluding hydrogens is 336 g/mol. The molecule has 2 saturated heterocycles. The zero-order chi connectivity index (χ0) is 17.9. The molecule has 0 aromatic carbocycles. The van der Waals surface area contributed by atoms with Gasteiger partial charge in [-0.25, -0.2) is 4.98 Å². The first-order valence-corrected chi connectivity index (χ1v) is 9.99. The molecule has 1 N–H and O–H groups in total. The highest BCUT2D eigenvalue weighted by atomic mass is 32.1. The molecule has 1 aromatic heterocycles. The molecule has 1 aromatic rings. The van der Waals surface area contributed by atoms with Crippen molar-refractivity contribution in [2.75, 3.05) is 26.2 Å². The number of nitrogens with one attached hydrogen (secondary N) is 1. The molecule has 25 heavy (non-hydrogen) atoms. The lowest BCUT2D eigenvalue weighted by molar-refractivity contribution is -0.140. The Morgan fingerprint density at radius 3 is 2.84 bits per heavy atom. The van der Waals surface area contributed by atoms with E-state index in [-0.39, 0.29) is 17.4 Å². The van der Waals surface area contributed by atoms with E-state index < -0.39 is 0 Å². The minimum Gasteiger partial charge on any atom is -0.356 e. The van der Waals surface area contributed by atoms with Crippen LogP contribution >= 0.6 is 11.3 Å². The second kappa shape index (κ2) is 7.83. The van der Waals surface area contributed by atoms with Gasteiger partial charge in [0.25, 0.3) is 0 Å². The van der Waals surface area contributed by atoms with E-state index in [4.69, 9.17) is 0 Å². The van der Waals surface area contributed by atoms with Gasteiger partial charge in [-0.05, 0) is 32.6 Å². The van der Waals surface area contributed by atoms with Crippen molar-refractivity contribution in [2.45, 2.75) is 58.0 Å². The average Bonchev–Trinajstić information content (AvgIpc) is 3.00. The second-order valence-electron chi connectivity index (χ2n) is 7.25. The van der Waals surface area contributed by atoms with Crippen LogP contribution in [0.2, 0.25) is 0 Å². The highest BCUT2D eigenvalue weighted by molar-refractivity contribution is 7.11. The molecule has 0 saturated carbocycles. The molecule has 0 unspecified atom stereocenters. The van der Waals surface area contributed by atoms with Gasteiger partial charge >= 0.3 is 0 Å². The van der Waals surface area contributed by atoms with Crippen LogP contribution in [-0.4, -0.2) is 58.3 Å². The van der Waals surface area contributed by atoms with Crippen molar-refractivity contribution in [3.05, 3.63) is 16.1 Å². The first kappa shape index (κ1) is 18.3. The largest absolute Gasteiger partial charge is 0.356 e. The van der Waals surface area contributed by atoms with Crippen LogP contribution in [0.15, 0.2) is 6.20 Å². The van der Waals surface area contributed by atoms with Crippen molar-refractivity contribution >= 4 is 23.2 Å². The first-order valence-electron chi connectivity index (χ1n) is 9.17. The summed E-state index contributed by atoms with van der Waals surface area (Å²) in [4.78, 5) is 33.7. The van der Waals surface area contributed by atoms with Gasteiger partial charge in [0.15, 0.2) is 0 Å². The Morgan fingerprint density at radius 1 is 1.36 bits per heavy atom. The van der Waals surface area contributed by atoms with Crippen LogP contribution in [0.3, 0.4) is 0 Å². The number of rotatable bonds is 6. The molecule has 6 nitrogen and oxygen atoms in total. The SMILES string of the molecule is CC(=O)NCCCC(=O)N1CCC[C@]2(CCN2Cc2cnc(C)s2)C1. The summed E-state index contributed by atoms with van der Waals surface area (Å²) in [7, 11) is 0. The predicted octanol–water partition coefficient (Wildman–Crippen LogP) is 1.93. The summed E-state index contributed by atoms with van der Waals surface area (Å²) in [5, 5.41) is 3.87. The van der Waals surface area contributed by atoms with Gasteiger partial charge in [0.1, 0.15) is 0 Å². The number of aryl methyl sites for hydroxylation is 1. The molecule has 0 radical (unpaired) electrons.